The van der Waals surface area contributed by atoms with Crippen LogP contribution in [0.15, 0.2) is 85.2 Å². The Labute approximate surface area is 239 Å². The highest BCUT2D eigenvalue weighted by Crippen LogP contribution is 2.30. The first kappa shape index (κ1) is 27.8. The highest BCUT2D eigenvalue weighted by atomic mass is 35.5. The molecule has 1 unspecified atom stereocenters. The lowest BCUT2D eigenvalue weighted by Gasteiger charge is -2.22. The fraction of sp³-hybridized carbons (Fsp3) is 0.129. The Kier molecular flexibility index (Phi) is 8.26. The molecule has 0 bridgehead atoms. The number of halogens is 3. The van der Waals surface area contributed by atoms with E-state index in [1.807, 2.05) is 30.3 Å². The van der Waals surface area contributed by atoms with Crippen LogP contribution >= 0.6 is 11.6 Å². The zero-order valence-electron chi connectivity index (χ0n) is 21.6. The van der Waals surface area contributed by atoms with E-state index in [0.717, 1.165) is 33.7 Å². The van der Waals surface area contributed by atoms with E-state index in [1.165, 1.54) is 12.1 Å². The van der Waals surface area contributed by atoms with Crippen molar-refractivity contribution in [3.63, 3.8) is 0 Å². The van der Waals surface area contributed by atoms with Gasteiger partial charge in [0.15, 0.2) is 0 Å². The first-order valence-electron chi connectivity index (χ1n) is 12.8. The van der Waals surface area contributed by atoms with Gasteiger partial charge in [-0.2, -0.15) is 0 Å². The third-order valence-corrected chi connectivity index (χ3v) is 6.90. The van der Waals surface area contributed by atoms with Crippen molar-refractivity contribution in [2.24, 2.45) is 0 Å². The number of carbonyl (C=O) groups excluding carboxylic acids is 1. The van der Waals surface area contributed by atoms with Crippen LogP contribution in [0.3, 0.4) is 0 Å². The molecule has 2 aromatic heterocycles. The molecule has 0 saturated carbocycles. The van der Waals surface area contributed by atoms with E-state index in [9.17, 15) is 18.4 Å². The summed E-state index contributed by atoms with van der Waals surface area (Å²) in [5, 5.41) is 15.6. The first-order chi connectivity index (χ1) is 19.7. The number of aromatic amines is 1. The van der Waals surface area contributed by atoms with Gasteiger partial charge in [0, 0.05) is 46.5 Å². The number of rotatable bonds is 9. The van der Waals surface area contributed by atoms with Gasteiger partial charge in [-0.3, -0.25) is 9.78 Å². The average molecular weight is 575 g/mol. The molecular formula is C31H25ClF2N4O3. The third-order valence-electron chi connectivity index (χ3n) is 6.65. The molecule has 4 N–H and O–H groups in total. The van der Waals surface area contributed by atoms with E-state index in [2.05, 4.69) is 20.6 Å². The topological polar surface area (TPSA) is 107 Å². The number of nitrogens with one attached hydrogen (secondary N) is 3. The molecule has 2 amide bonds. The molecule has 5 rings (SSSR count). The molecule has 41 heavy (non-hydrogen) atoms. The van der Waals surface area contributed by atoms with Crippen molar-refractivity contribution in [3.05, 3.63) is 124 Å². The summed E-state index contributed by atoms with van der Waals surface area (Å²) >= 11 is 6.08. The maximum atomic E-state index is 14.1. The molecule has 5 aromatic rings. The molecule has 0 aliphatic carbocycles. The summed E-state index contributed by atoms with van der Waals surface area (Å²) in [5.41, 5.74) is 4.72. The fourth-order valence-electron chi connectivity index (χ4n) is 4.83. The summed E-state index contributed by atoms with van der Waals surface area (Å²) in [6, 6.07) is 18.8. The van der Waals surface area contributed by atoms with Gasteiger partial charge in [0.2, 0.25) is 5.91 Å². The summed E-state index contributed by atoms with van der Waals surface area (Å²) in [5.74, 6) is -1.75. The number of hydrogen-bond donors (Lipinski definition) is 4. The number of benzene rings is 3. The summed E-state index contributed by atoms with van der Waals surface area (Å²) in [4.78, 5) is 32.0. The van der Waals surface area contributed by atoms with E-state index in [0.29, 0.717) is 21.8 Å². The first-order valence-corrected chi connectivity index (χ1v) is 13.1. The summed E-state index contributed by atoms with van der Waals surface area (Å²) in [7, 11) is 0. The SMILES string of the molecule is O=C(O)NCc1ccc2[nH]cc(CC(=O)NC(Cc3cc(F)cc(F)c3)c3ncccc3-c3ccc(Cl)cc3)c2c1. The van der Waals surface area contributed by atoms with Crippen LogP contribution in [0.1, 0.15) is 28.4 Å². The maximum Gasteiger partial charge on any atom is 0.404 e. The van der Waals surface area contributed by atoms with Gasteiger partial charge in [-0.25, -0.2) is 13.6 Å². The Morgan fingerprint density at radius 2 is 1.73 bits per heavy atom. The molecule has 0 spiro atoms. The second-order valence-electron chi connectivity index (χ2n) is 9.57. The van der Waals surface area contributed by atoms with Crippen molar-refractivity contribution < 1.29 is 23.5 Å². The third kappa shape index (κ3) is 6.88. The molecule has 0 aliphatic heterocycles. The van der Waals surface area contributed by atoms with Crippen molar-refractivity contribution >= 4 is 34.5 Å². The molecule has 10 heteroatoms. The standard InChI is InChI=1S/C31H25ClF2N4O3/c32-22-6-4-20(5-7-22)25-2-1-9-35-30(25)28(13-19-10-23(33)15-24(34)11-19)38-29(39)14-21-17-36-27-8-3-18(12-26(21)27)16-37-31(40)41/h1-12,15,17,28,36-37H,13-14,16H2,(H,38,39)(H,40,41). The molecule has 0 radical (unpaired) electrons. The maximum absolute atomic E-state index is 14.1. The Morgan fingerprint density at radius 1 is 0.976 bits per heavy atom. The molecule has 208 valence electrons. The van der Waals surface area contributed by atoms with Crippen LogP contribution in [-0.4, -0.2) is 27.1 Å². The number of H-pyrrole nitrogens is 1. The minimum Gasteiger partial charge on any atom is -0.465 e. The minimum absolute atomic E-state index is 0.00688. The number of nitrogens with zero attached hydrogens (tertiary/aromatic N) is 1. The molecule has 7 nitrogen and oxygen atoms in total. The van der Waals surface area contributed by atoms with Gasteiger partial charge in [0.25, 0.3) is 0 Å². The van der Waals surface area contributed by atoms with E-state index < -0.39 is 23.8 Å². The molecule has 3 aromatic carbocycles. The van der Waals surface area contributed by atoms with Crippen LogP contribution in [0.5, 0.6) is 0 Å². The van der Waals surface area contributed by atoms with Crippen LogP contribution in [0.25, 0.3) is 22.0 Å². The summed E-state index contributed by atoms with van der Waals surface area (Å²) < 4.78 is 28.1. The average Bonchev–Trinajstić information content (AvgIpc) is 3.33. The lowest BCUT2D eigenvalue weighted by atomic mass is 9.95. The van der Waals surface area contributed by atoms with Gasteiger partial charge in [-0.05, 0) is 71.1 Å². The Bertz CT molecular complexity index is 1700. The summed E-state index contributed by atoms with van der Waals surface area (Å²) in [6.07, 6.45) is 2.31. The van der Waals surface area contributed by atoms with Crippen molar-refractivity contribution in [1.82, 2.24) is 20.6 Å². The predicted octanol–water partition coefficient (Wildman–Crippen LogP) is 6.57. The summed E-state index contributed by atoms with van der Waals surface area (Å²) in [6.45, 7) is 0.126. The van der Waals surface area contributed by atoms with Gasteiger partial charge < -0.3 is 20.7 Å². The van der Waals surface area contributed by atoms with E-state index in [1.54, 1.807) is 36.7 Å². The Hall–Kier alpha value is -4.76. The van der Waals surface area contributed by atoms with Crippen molar-refractivity contribution in [2.75, 3.05) is 0 Å². The molecule has 0 saturated heterocycles. The van der Waals surface area contributed by atoms with Crippen LogP contribution < -0.4 is 10.6 Å². The number of carboxylic acid groups (broad SMARTS) is 1. The van der Waals surface area contributed by atoms with Gasteiger partial charge in [0.1, 0.15) is 11.6 Å². The number of carbonyl (C=O) groups is 2. The lowest BCUT2D eigenvalue weighted by molar-refractivity contribution is -0.121. The zero-order chi connectivity index (χ0) is 28.9. The van der Waals surface area contributed by atoms with Crippen LogP contribution in [-0.2, 0) is 24.2 Å². The van der Waals surface area contributed by atoms with Crippen molar-refractivity contribution in [2.45, 2.75) is 25.4 Å². The van der Waals surface area contributed by atoms with Crippen LogP contribution in [0.4, 0.5) is 13.6 Å². The number of amides is 2. The normalized spacial score (nSPS) is 11.8. The lowest BCUT2D eigenvalue weighted by Crippen LogP contribution is -2.32. The monoisotopic (exact) mass is 574 g/mol. The second-order valence-corrected chi connectivity index (χ2v) is 10.0. The molecule has 0 aliphatic rings. The van der Waals surface area contributed by atoms with Gasteiger partial charge in [-0.1, -0.05) is 35.9 Å². The van der Waals surface area contributed by atoms with E-state index in [4.69, 9.17) is 16.7 Å². The van der Waals surface area contributed by atoms with Gasteiger partial charge >= 0.3 is 6.09 Å². The number of hydrogen-bond acceptors (Lipinski definition) is 3. The minimum atomic E-state index is -1.13. The second kappa shape index (κ2) is 12.2. The molecule has 2 heterocycles. The number of pyridine rings is 1. The van der Waals surface area contributed by atoms with Crippen LogP contribution in [0.2, 0.25) is 5.02 Å². The highest BCUT2D eigenvalue weighted by Gasteiger charge is 2.22. The van der Waals surface area contributed by atoms with E-state index >= 15 is 0 Å². The molecule has 1 atom stereocenters. The fourth-order valence-corrected chi connectivity index (χ4v) is 4.95. The Morgan fingerprint density at radius 3 is 2.46 bits per heavy atom. The molecular weight excluding hydrogens is 550 g/mol. The Balaban J connectivity index is 1.45. The van der Waals surface area contributed by atoms with Crippen molar-refractivity contribution in [3.8, 4) is 11.1 Å². The number of aromatic nitrogens is 2. The quantitative estimate of drug-likeness (QED) is 0.160. The van der Waals surface area contributed by atoms with Crippen LogP contribution in [0, 0.1) is 11.6 Å². The van der Waals surface area contributed by atoms with Crippen molar-refractivity contribution in [1.29, 1.82) is 0 Å². The largest absolute Gasteiger partial charge is 0.465 e. The van der Waals surface area contributed by atoms with Gasteiger partial charge in [0.05, 0.1) is 18.2 Å². The van der Waals surface area contributed by atoms with E-state index in [-0.39, 0.29) is 25.3 Å². The highest BCUT2D eigenvalue weighted by molar-refractivity contribution is 6.30. The zero-order valence-corrected chi connectivity index (χ0v) is 22.4. The number of fused-ring (bicyclic) bond motifs is 1. The van der Waals surface area contributed by atoms with Gasteiger partial charge in [-0.15, -0.1) is 0 Å². The smallest absolute Gasteiger partial charge is 0.404 e. The predicted molar refractivity (Wildman–Crippen MR) is 152 cm³/mol. The molecule has 0 fully saturated rings.